The van der Waals surface area contributed by atoms with E-state index in [4.69, 9.17) is 9.84 Å². The maximum atomic E-state index is 12.1. The molecule has 20 heavy (non-hydrogen) atoms. The number of carboxylic acid groups (broad SMARTS) is 1. The molecular formula is C13H19NO5S. The number of hydrogen-bond acceptors (Lipinski definition) is 4. The minimum atomic E-state index is -3.66. The molecule has 0 radical (unpaired) electrons. The molecule has 1 unspecified atom stereocenters. The van der Waals surface area contributed by atoms with Crippen LogP contribution in [0.2, 0.25) is 0 Å². The Balaban J connectivity index is 2.76. The normalized spacial score (nSPS) is 12.9. The number of nitrogens with one attached hydrogen (secondary N) is 1. The first-order valence-corrected chi connectivity index (χ1v) is 7.73. The summed E-state index contributed by atoms with van der Waals surface area (Å²) in [7, 11) is -2.20. The summed E-state index contributed by atoms with van der Waals surface area (Å²) < 4.78 is 31.6. The SMILES string of the molecule is CCC(CNS(=O)(=O)c1cccc(OC)c1)CC(=O)O. The molecule has 0 saturated carbocycles. The van der Waals surface area contributed by atoms with Gasteiger partial charge in [-0.2, -0.15) is 0 Å². The van der Waals surface area contributed by atoms with Crippen molar-refractivity contribution in [2.75, 3.05) is 13.7 Å². The maximum Gasteiger partial charge on any atom is 0.303 e. The molecule has 0 heterocycles. The number of hydrogen-bond donors (Lipinski definition) is 2. The molecule has 1 rings (SSSR count). The highest BCUT2D eigenvalue weighted by atomic mass is 32.2. The van der Waals surface area contributed by atoms with Gasteiger partial charge in [0.2, 0.25) is 10.0 Å². The molecule has 7 heteroatoms. The second-order valence-corrected chi connectivity index (χ2v) is 6.17. The minimum absolute atomic E-state index is 0.0584. The highest BCUT2D eigenvalue weighted by Gasteiger charge is 2.18. The number of benzene rings is 1. The summed E-state index contributed by atoms with van der Waals surface area (Å²) in [6.07, 6.45) is 0.532. The van der Waals surface area contributed by atoms with E-state index >= 15 is 0 Å². The van der Waals surface area contributed by atoms with Crippen molar-refractivity contribution < 1.29 is 23.1 Å². The van der Waals surface area contributed by atoms with Crippen LogP contribution in [0.4, 0.5) is 0 Å². The molecular weight excluding hydrogens is 282 g/mol. The van der Waals surface area contributed by atoms with Gasteiger partial charge in [0.15, 0.2) is 0 Å². The van der Waals surface area contributed by atoms with Gasteiger partial charge in [0.1, 0.15) is 5.75 Å². The molecule has 1 atom stereocenters. The Bertz CT molecular complexity index is 556. The molecule has 0 aromatic heterocycles. The third-order valence-corrected chi connectivity index (χ3v) is 4.38. The monoisotopic (exact) mass is 301 g/mol. The quantitative estimate of drug-likeness (QED) is 0.758. The lowest BCUT2D eigenvalue weighted by Crippen LogP contribution is -2.30. The number of sulfonamides is 1. The fraction of sp³-hybridized carbons (Fsp3) is 0.462. The summed E-state index contributed by atoms with van der Waals surface area (Å²) >= 11 is 0. The zero-order chi connectivity index (χ0) is 15.2. The number of ether oxygens (including phenoxy) is 1. The van der Waals surface area contributed by atoms with Crippen LogP contribution in [-0.4, -0.2) is 33.1 Å². The molecule has 6 nitrogen and oxygen atoms in total. The molecule has 0 fully saturated rings. The summed E-state index contributed by atoms with van der Waals surface area (Å²) in [6, 6.07) is 6.11. The van der Waals surface area contributed by atoms with E-state index in [1.54, 1.807) is 12.1 Å². The van der Waals surface area contributed by atoms with E-state index in [9.17, 15) is 13.2 Å². The lowest BCUT2D eigenvalue weighted by Gasteiger charge is -2.14. The zero-order valence-corrected chi connectivity index (χ0v) is 12.3. The van der Waals surface area contributed by atoms with Crippen LogP contribution in [0.1, 0.15) is 19.8 Å². The van der Waals surface area contributed by atoms with E-state index in [0.29, 0.717) is 12.2 Å². The molecule has 2 N–H and O–H groups in total. The van der Waals surface area contributed by atoms with Crippen molar-refractivity contribution >= 4 is 16.0 Å². The standard InChI is InChI=1S/C13H19NO5S/c1-3-10(7-13(15)16)9-14-20(17,18)12-6-4-5-11(8-12)19-2/h4-6,8,10,14H,3,7,9H2,1-2H3,(H,15,16). The predicted molar refractivity (Wildman–Crippen MR) is 74.2 cm³/mol. The second-order valence-electron chi connectivity index (χ2n) is 4.40. The molecule has 112 valence electrons. The molecule has 0 amide bonds. The van der Waals surface area contributed by atoms with Gasteiger partial charge in [0, 0.05) is 19.0 Å². The first-order chi connectivity index (χ1) is 9.39. The van der Waals surface area contributed by atoms with Crippen molar-refractivity contribution in [3.8, 4) is 5.75 Å². The van der Waals surface area contributed by atoms with Gasteiger partial charge in [-0.3, -0.25) is 4.79 Å². The Kier molecular flexibility index (Phi) is 5.97. The van der Waals surface area contributed by atoms with Gasteiger partial charge < -0.3 is 9.84 Å². The number of aliphatic carboxylic acids is 1. The van der Waals surface area contributed by atoms with Crippen LogP contribution in [0.25, 0.3) is 0 Å². The Morgan fingerprint density at radius 1 is 1.45 bits per heavy atom. The molecule has 0 aliphatic carbocycles. The summed E-state index contributed by atoms with van der Waals surface area (Å²) in [5, 5.41) is 8.74. The summed E-state index contributed by atoms with van der Waals surface area (Å²) in [5.41, 5.74) is 0. The van der Waals surface area contributed by atoms with Crippen LogP contribution in [0.3, 0.4) is 0 Å². The number of methoxy groups -OCH3 is 1. The summed E-state index contributed by atoms with van der Waals surface area (Å²) in [5.74, 6) is -0.712. The van der Waals surface area contributed by atoms with Crippen LogP contribution >= 0.6 is 0 Å². The molecule has 0 saturated heterocycles. The van der Waals surface area contributed by atoms with Crippen LogP contribution < -0.4 is 9.46 Å². The molecule has 0 spiro atoms. The van der Waals surface area contributed by atoms with E-state index in [1.165, 1.54) is 19.2 Å². The van der Waals surface area contributed by atoms with E-state index in [1.807, 2.05) is 6.92 Å². The van der Waals surface area contributed by atoms with Crippen molar-refractivity contribution in [2.45, 2.75) is 24.7 Å². The number of carboxylic acids is 1. The molecule has 1 aromatic carbocycles. The second kappa shape index (κ2) is 7.25. The van der Waals surface area contributed by atoms with Crippen molar-refractivity contribution in [2.24, 2.45) is 5.92 Å². The fourth-order valence-corrected chi connectivity index (χ4v) is 2.84. The minimum Gasteiger partial charge on any atom is -0.497 e. The van der Waals surface area contributed by atoms with Crippen LogP contribution in [0, 0.1) is 5.92 Å². The third kappa shape index (κ3) is 4.82. The van der Waals surface area contributed by atoms with Crippen molar-refractivity contribution in [3.63, 3.8) is 0 Å². The summed E-state index contributed by atoms with van der Waals surface area (Å²) in [4.78, 5) is 10.8. The Hall–Kier alpha value is -1.60. The van der Waals surface area contributed by atoms with Gasteiger partial charge in [-0.25, -0.2) is 13.1 Å². The topological polar surface area (TPSA) is 92.7 Å². The van der Waals surface area contributed by atoms with Crippen LogP contribution in [0.15, 0.2) is 29.2 Å². The Labute approximate surface area is 118 Å². The highest BCUT2D eigenvalue weighted by Crippen LogP contribution is 2.17. The van der Waals surface area contributed by atoms with Gasteiger partial charge >= 0.3 is 5.97 Å². The van der Waals surface area contributed by atoms with E-state index in [-0.39, 0.29) is 23.8 Å². The molecule has 0 aliphatic rings. The zero-order valence-electron chi connectivity index (χ0n) is 11.5. The summed E-state index contributed by atoms with van der Waals surface area (Å²) in [6.45, 7) is 1.93. The van der Waals surface area contributed by atoms with Gasteiger partial charge in [0.05, 0.1) is 12.0 Å². The Morgan fingerprint density at radius 2 is 2.15 bits per heavy atom. The van der Waals surface area contributed by atoms with Gasteiger partial charge in [-0.15, -0.1) is 0 Å². The third-order valence-electron chi connectivity index (χ3n) is 2.95. The van der Waals surface area contributed by atoms with Crippen molar-refractivity contribution in [3.05, 3.63) is 24.3 Å². The van der Waals surface area contributed by atoms with Crippen molar-refractivity contribution in [1.82, 2.24) is 4.72 Å². The van der Waals surface area contributed by atoms with Gasteiger partial charge in [0.25, 0.3) is 0 Å². The maximum absolute atomic E-state index is 12.1. The first-order valence-electron chi connectivity index (χ1n) is 6.24. The van der Waals surface area contributed by atoms with E-state index in [2.05, 4.69) is 4.72 Å². The predicted octanol–water partition coefficient (Wildman–Crippen LogP) is 1.47. The van der Waals surface area contributed by atoms with Crippen molar-refractivity contribution in [1.29, 1.82) is 0 Å². The van der Waals surface area contributed by atoms with Gasteiger partial charge in [-0.1, -0.05) is 19.4 Å². The average molecular weight is 301 g/mol. The lowest BCUT2D eigenvalue weighted by molar-refractivity contribution is -0.138. The largest absolute Gasteiger partial charge is 0.497 e. The van der Waals surface area contributed by atoms with E-state index < -0.39 is 16.0 Å². The number of carbonyl (C=O) groups is 1. The molecule has 0 aliphatic heterocycles. The lowest BCUT2D eigenvalue weighted by atomic mass is 10.0. The first kappa shape index (κ1) is 16.5. The van der Waals surface area contributed by atoms with Crippen LogP contribution in [-0.2, 0) is 14.8 Å². The fourth-order valence-electron chi connectivity index (χ4n) is 1.69. The highest BCUT2D eigenvalue weighted by molar-refractivity contribution is 7.89. The molecule has 1 aromatic rings. The number of rotatable bonds is 8. The van der Waals surface area contributed by atoms with Crippen LogP contribution in [0.5, 0.6) is 5.75 Å². The smallest absolute Gasteiger partial charge is 0.303 e. The molecule has 0 bridgehead atoms. The Morgan fingerprint density at radius 3 is 2.70 bits per heavy atom. The van der Waals surface area contributed by atoms with E-state index in [0.717, 1.165) is 0 Å². The average Bonchev–Trinajstić information content (AvgIpc) is 2.43. The van der Waals surface area contributed by atoms with Gasteiger partial charge in [-0.05, 0) is 18.1 Å².